The Kier molecular flexibility index (Phi) is 6.70. The predicted molar refractivity (Wildman–Crippen MR) is 108 cm³/mol. The van der Waals surface area contributed by atoms with Gasteiger partial charge in [0.2, 0.25) is 0 Å². The van der Waals surface area contributed by atoms with Crippen molar-refractivity contribution >= 4 is 12.0 Å². The molecular formula is C21H30N4O3. The molecule has 0 aliphatic carbocycles. The molecule has 2 aliphatic heterocycles. The summed E-state index contributed by atoms with van der Waals surface area (Å²) in [5.41, 5.74) is 3.03. The number of nitrogens with one attached hydrogen (secondary N) is 1. The van der Waals surface area contributed by atoms with Crippen molar-refractivity contribution in [1.82, 2.24) is 20.0 Å². The summed E-state index contributed by atoms with van der Waals surface area (Å²) < 4.78 is 0. The Morgan fingerprint density at radius 1 is 1.11 bits per heavy atom. The highest BCUT2D eigenvalue weighted by molar-refractivity contribution is 5.84. The van der Waals surface area contributed by atoms with Gasteiger partial charge < -0.3 is 20.2 Å². The average molecular weight is 386 g/mol. The van der Waals surface area contributed by atoms with Gasteiger partial charge in [0, 0.05) is 52.2 Å². The number of aliphatic carboxylic acids is 1. The summed E-state index contributed by atoms with van der Waals surface area (Å²) in [5, 5.41) is 12.1. The Bertz CT molecular complexity index is 711. The number of urea groups is 1. The highest BCUT2D eigenvalue weighted by Crippen LogP contribution is 2.21. The van der Waals surface area contributed by atoms with Gasteiger partial charge in [0.05, 0.1) is 0 Å². The second kappa shape index (κ2) is 9.21. The minimum Gasteiger partial charge on any atom is -0.480 e. The van der Waals surface area contributed by atoms with E-state index in [1.807, 2.05) is 12.1 Å². The maximum absolute atomic E-state index is 12.4. The number of carbonyl (C=O) groups is 2. The molecule has 2 heterocycles. The minimum atomic E-state index is -0.988. The van der Waals surface area contributed by atoms with Gasteiger partial charge in [-0.1, -0.05) is 43.3 Å². The number of likely N-dealkylation sites (N-methyl/N-ethyl adjacent to an activating group) is 1. The van der Waals surface area contributed by atoms with Crippen LogP contribution in [0.25, 0.3) is 0 Å². The van der Waals surface area contributed by atoms with Crippen LogP contribution in [0.4, 0.5) is 4.79 Å². The first-order chi connectivity index (χ1) is 13.5. The van der Waals surface area contributed by atoms with E-state index in [0.717, 1.165) is 50.4 Å². The highest BCUT2D eigenvalue weighted by atomic mass is 16.4. The molecule has 2 aliphatic rings. The van der Waals surface area contributed by atoms with Gasteiger partial charge in [0.25, 0.3) is 0 Å². The monoisotopic (exact) mass is 386 g/mol. The molecule has 1 aromatic carbocycles. The van der Waals surface area contributed by atoms with Crippen molar-refractivity contribution in [3.63, 3.8) is 0 Å². The van der Waals surface area contributed by atoms with E-state index in [1.54, 1.807) is 0 Å². The van der Waals surface area contributed by atoms with Crippen molar-refractivity contribution in [2.45, 2.75) is 32.5 Å². The van der Waals surface area contributed by atoms with Crippen LogP contribution in [0.1, 0.15) is 24.5 Å². The van der Waals surface area contributed by atoms with Gasteiger partial charge in [-0.15, -0.1) is 0 Å². The van der Waals surface area contributed by atoms with E-state index in [9.17, 15) is 14.7 Å². The van der Waals surface area contributed by atoms with E-state index in [2.05, 4.69) is 40.8 Å². The van der Waals surface area contributed by atoms with Gasteiger partial charge in [-0.25, -0.2) is 9.59 Å². The molecule has 152 valence electrons. The van der Waals surface area contributed by atoms with Gasteiger partial charge in [0.1, 0.15) is 6.04 Å². The molecule has 2 amide bonds. The molecule has 0 unspecified atom stereocenters. The number of benzene rings is 1. The molecule has 0 radical (unpaired) electrons. The second-order valence-corrected chi connectivity index (χ2v) is 7.62. The van der Waals surface area contributed by atoms with E-state index in [4.69, 9.17) is 0 Å². The number of nitrogens with zero attached hydrogens (tertiary/aromatic N) is 3. The van der Waals surface area contributed by atoms with Crippen LogP contribution in [0.2, 0.25) is 0 Å². The van der Waals surface area contributed by atoms with Crippen molar-refractivity contribution in [2.75, 3.05) is 39.3 Å². The molecule has 0 bridgehead atoms. The molecule has 7 heteroatoms. The van der Waals surface area contributed by atoms with E-state index >= 15 is 0 Å². The van der Waals surface area contributed by atoms with E-state index in [0.29, 0.717) is 19.5 Å². The van der Waals surface area contributed by atoms with Crippen LogP contribution in [0.15, 0.2) is 36.4 Å². The molecule has 2 fully saturated rings. The van der Waals surface area contributed by atoms with Gasteiger partial charge in [-0.05, 0) is 17.7 Å². The summed E-state index contributed by atoms with van der Waals surface area (Å²) in [6.45, 7) is 13.2. The van der Waals surface area contributed by atoms with Gasteiger partial charge in [0.15, 0.2) is 0 Å². The number of rotatable bonds is 6. The van der Waals surface area contributed by atoms with Crippen LogP contribution in [0, 0.1) is 0 Å². The summed E-state index contributed by atoms with van der Waals surface area (Å²) >= 11 is 0. The lowest BCUT2D eigenvalue weighted by Crippen LogP contribution is -2.45. The summed E-state index contributed by atoms with van der Waals surface area (Å²) in [7, 11) is 0. The van der Waals surface area contributed by atoms with Gasteiger partial charge in [-0.3, -0.25) is 4.90 Å². The van der Waals surface area contributed by atoms with Crippen LogP contribution in [0.3, 0.4) is 0 Å². The van der Waals surface area contributed by atoms with E-state index < -0.39 is 12.0 Å². The van der Waals surface area contributed by atoms with Crippen LogP contribution >= 0.6 is 0 Å². The maximum atomic E-state index is 12.4. The third-order valence-electron chi connectivity index (χ3n) is 5.58. The standard InChI is InChI=1S/C21H30N4O3/c1-3-23-8-10-24(11-9-23)15-18-6-4-17(5-7-18)13-22-21(28)25-14-16(2)12-19(25)20(26)27/h4-7,19H,2-3,8-15H2,1H3,(H,22,28)(H,26,27)/t19-/m0/s1. The minimum absolute atomic E-state index is 0.299. The summed E-state index contributed by atoms with van der Waals surface area (Å²) in [4.78, 5) is 29.9. The Hall–Kier alpha value is -2.38. The molecule has 7 nitrogen and oxygen atoms in total. The fourth-order valence-corrected chi connectivity index (χ4v) is 3.80. The lowest BCUT2D eigenvalue weighted by atomic mass is 10.1. The lowest BCUT2D eigenvalue weighted by Gasteiger charge is -2.34. The number of carboxylic acids is 1. The van der Waals surface area contributed by atoms with Crippen molar-refractivity contribution in [1.29, 1.82) is 0 Å². The molecule has 0 saturated carbocycles. The van der Waals surface area contributed by atoms with Gasteiger partial charge >= 0.3 is 12.0 Å². The predicted octanol–water partition coefficient (Wildman–Crippen LogP) is 1.75. The Balaban J connectivity index is 1.47. The fraction of sp³-hybridized carbons (Fsp3) is 0.524. The Morgan fingerprint density at radius 3 is 2.32 bits per heavy atom. The molecule has 0 spiro atoms. The number of hydrogen-bond acceptors (Lipinski definition) is 4. The molecule has 1 atom stereocenters. The second-order valence-electron chi connectivity index (χ2n) is 7.62. The molecule has 1 aromatic rings. The van der Waals surface area contributed by atoms with Crippen LogP contribution < -0.4 is 5.32 Å². The number of piperazine rings is 1. The smallest absolute Gasteiger partial charge is 0.326 e. The Labute approximate surface area is 166 Å². The van der Waals surface area contributed by atoms with Gasteiger partial charge in [-0.2, -0.15) is 0 Å². The Morgan fingerprint density at radius 2 is 1.71 bits per heavy atom. The average Bonchev–Trinajstić information content (AvgIpc) is 3.10. The molecule has 0 aromatic heterocycles. The first-order valence-electron chi connectivity index (χ1n) is 9.92. The van der Waals surface area contributed by atoms with E-state index in [-0.39, 0.29) is 6.03 Å². The third-order valence-corrected chi connectivity index (χ3v) is 5.58. The fourth-order valence-electron chi connectivity index (χ4n) is 3.80. The van der Waals surface area contributed by atoms with Crippen molar-refractivity contribution in [3.8, 4) is 0 Å². The summed E-state index contributed by atoms with van der Waals surface area (Å²) in [6.07, 6.45) is 0.323. The molecular weight excluding hydrogens is 356 g/mol. The zero-order chi connectivity index (χ0) is 20.1. The van der Waals surface area contributed by atoms with Crippen molar-refractivity contribution < 1.29 is 14.7 Å². The summed E-state index contributed by atoms with van der Waals surface area (Å²) in [5.74, 6) is -0.988. The lowest BCUT2D eigenvalue weighted by molar-refractivity contribution is -0.141. The molecule has 2 N–H and O–H groups in total. The summed E-state index contributed by atoms with van der Waals surface area (Å²) in [6, 6.07) is 7.08. The number of carboxylic acid groups (broad SMARTS) is 1. The molecule has 3 rings (SSSR count). The number of hydrogen-bond donors (Lipinski definition) is 2. The SMILES string of the molecule is C=C1C[C@@H](C(=O)O)N(C(=O)NCc2ccc(CN3CCN(CC)CC3)cc2)C1. The topological polar surface area (TPSA) is 76.1 Å². The zero-order valence-corrected chi connectivity index (χ0v) is 16.6. The van der Waals surface area contributed by atoms with Crippen LogP contribution in [-0.4, -0.2) is 77.1 Å². The van der Waals surface area contributed by atoms with E-state index in [1.165, 1.54) is 10.5 Å². The largest absolute Gasteiger partial charge is 0.480 e. The number of carbonyl (C=O) groups excluding carboxylic acids is 1. The van der Waals surface area contributed by atoms with Crippen LogP contribution in [-0.2, 0) is 17.9 Å². The quantitative estimate of drug-likeness (QED) is 0.729. The third kappa shape index (κ3) is 5.11. The van der Waals surface area contributed by atoms with Crippen LogP contribution in [0.5, 0.6) is 0 Å². The first kappa shape index (κ1) is 20.4. The first-order valence-corrected chi connectivity index (χ1v) is 9.92. The molecule has 28 heavy (non-hydrogen) atoms. The van der Waals surface area contributed by atoms with Crippen molar-refractivity contribution in [2.24, 2.45) is 0 Å². The zero-order valence-electron chi connectivity index (χ0n) is 16.6. The molecule has 2 saturated heterocycles. The number of likely N-dealkylation sites (tertiary alicyclic amines) is 1. The van der Waals surface area contributed by atoms with Crippen molar-refractivity contribution in [3.05, 3.63) is 47.5 Å². The maximum Gasteiger partial charge on any atom is 0.326 e. The highest BCUT2D eigenvalue weighted by Gasteiger charge is 2.35. The number of amides is 2. The normalized spacial score (nSPS) is 21.1.